The number of methoxy groups -OCH3 is 1. The summed E-state index contributed by atoms with van der Waals surface area (Å²) in [5.41, 5.74) is 0.599. The summed E-state index contributed by atoms with van der Waals surface area (Å²) in [6, 6.07) is 3.96. The third kappa shape index (κ3) is 7.59. The summed E-state index contributed by atoms with van der Waals surface area (Å²) < 4.78 is 17.7. The first-order valence-electron chi connectivity index (χ1n) is 10.5. The highest BCUT2D eigenvalue weighted by molar-refractivity contribution is 9.10. The second kappa shape index (κ2) is 13.4. The first kappa shape index (κ1) is 27.0. The lowest BCUT2D eigenvalue weighted by Crippen LogP contribution is -2.51. The molecule has 2 rings (SSSR count). The van der Waals surface area contributed by atoms with Crippen molar-refractivity contribution in [1.29, 1.82) is 0 Å². The molecule has 6 nitrogen and oxygen atoms in total. The molecule has 172 valence electrons. The molecule has 1 aromatic rings. The molecule has 1 fully saturated rings. The van der Waals surface area contributed by atoms with Gasteiger partial charge in [0.1, 0.15) is 0 Å². The smallest absolute Gasteiger partial charge is 0.255 e. The lowest BCUT2D eigenvalue weighted by molar-refractivity contribution is 0.0572. The molecule has 1 heterocycles. The van der Waals surface area contributed by atoms with E-state index in [4.69, 9.17) is 14.2 Å². The van der Waals surface area contributed by atoms with Gasteiger partial charge in [-0.15, -0.1) is 12.4 Å². The van der Waals surface area contributed by atoms with Gasteiger partial charge in [0, 0.05) is 43.2 Å². The summed E-state index contributed by atoms with van der Waals surface area (Å²) in [4.78, 5) is 15.5. The van der Waals surface area contributed by atoms with E-state index in [1.165, 1.54) is 0 Å². The topological polar surface area (TPSA) is 60.0 Å². The molecule has 1 amide bonds. The Balaban J connectivity index is 0.00000450. The van der Waals surface area contributed by atoms with E-state index in [0.29, 0.717) is 30.3 Å². The number of piperidine rings is 1. The third-order valence-electron chi connectivity index (χ3n) is 4.83. The van der Waals surface area contributed by atoms with Gasteiger partial charge in [0.15, 0.2) is 11.5 Å². The number of hydrogen-bond donors (Lipinski definition) is 1. The predicted octanol–water partition coefficient (Wildman–Crippen LogP) is 4.68. The average molecular weight is 508 g/mol. The lowest BCUT2D eigenvalue weighted by Gasteiger charge is -2.38. The molecule has 0 aromatic heterocycles. The molecular weight excluding hydrogens is 472 g/mol. The summed E-state index contributed by atoms with van der Waals surface area (Å²) in [7, 11) is 1.67. The Hall–Kier alpha value is -1.02. The summed E-state index contributed by atoms with van der Waals surface area (Å²) >= 11 is 3.59. The molecule has 0 aliphatic carbocycles. The summed E-state index contributed by atoms with van der Waals surface area (Å²) in [6.07, 6.45) is 2.87. The Labute approximate surface area is 195 Å². The Morgan fingerprint density at radius 1 is 1.23 bits per heavy atom. The fraction of sp³-hybridized carbons (Fsp3) is 0.682. The monoisotopic (exact) mass is 506 g/mol. The zero-order valence-electron chi connectivity index (χ0n) is 18.7. The SMILES string of the molecule is COCCCOc1cc(C(=O)N(C(C)C)[C@@H]2CCCNC2)c(Br)cc1OC(C)C.Cl. The van der Waals surface area contributed by atoms with E-state index in [9.17, 15) is 4.79 Å². The van der Waals surface area contributed by atoms with E-state index in [-0.39, 0.29) is 36.5 Å². The minimum absolute atomic E-state index is 0. The van der Waals surface area contributed by atoms with Crippen LogP contribution in [0, 0.1) is 0 Å². The van der Waals surface area contributed by atoms with Crippen molar-refractivity contribution < 1.29 is 19.0 Å². The van der Waals surface area contributed by atoms with Gasteiger partial charge in [0.05, 0.1) is 18.3 Å². The van der Waals surface area contributed by atoms with Crippen molar-refractivity contribution in [3.63, 3.8) is 0 Å². The van der Waals surface area contributed by atoms with Crippen molar-refractivity contribution in [3.8, 4) is 11.5 Å². The standard InChI is InChI=1S/C22H35BrN2O4.ClH/c1-15(2)25(17-8-6-9-24-14-17)22(26)18-12-20(28-11-7-10-27-5)21(13-19(18)23)29-16(3)4;/h12-13,15-17,24H,6-11,14H2,1-5H3;1H/t17-;/m1./s1. The second-order valence-electron chi connectivity index (χ2n) is 7.95. The molecule has 0 spiro atoms. The number of halogens is 2. The van der Waals surface area contributed by atoms with Crippen LogP contribution in [0.15, 0.2) is 16.6 Å². The summed E-state index contributed by atoms with van der Waals surface area (Å²) in [6.45, 7) is 11.0. The van der Waals surface area contributed by atoms with E-state index < -0.39 is 0 Å². The maximum atomic E-state index is 13.5. The number of carbonyl (C=O) groups excluding carboxylic acids is 1. The first-order valence-corrected chi connectivity index (χ1v) is 11.3. The molecule has 8 heteroatoms. The molecule has 0 bridgehead atoms. The van der Waals surface area contributed by atoms with Crippen LogP contribution >= 0.6 is 28.3 Å². The minimum atomic E-state index is 0. The molecule has 1 N–H and O–H groups in total. The molecule has 30 heavy (non-hydrogen) atoms. The number of carbonyl (C=O) groups is 1. The highest BCUT2D eigenvalue weighted by Gasteiger charge is 2.30. The number of nitrogens with one attached hydrogen (secondary N) is 1. The van der Waals surface area contributed by atoms with Crippen LogP contribution in [0.1, 0.15) is 57.3 Å². The Morgan fingerprint density at radius 2 is 1.97 bits per heavy atom. The molecule has 0 saturated carbocycles. The molecule has 1 aromatic carbocycles. The quantitative estimate of drug-likeness (QED) is 0.466. The predicted molar refractivity (Wildman–Crippen MR) is 126 cm³/mol. The molecule has 1 atom stereocenters. The second-order valence-corrected chi connectivity index (χ2v) is 8.80. The molecule has 1 aliphatic rings. The zero-order chi connectivity index (χ0) is 21.4. The Bertz CT molecular complexity index is 667. The zero-order valence-corrected chi connectivity index (χ0v) is 21.1. The van der Waals surface area contributed by atoms with Crippen LogP contribution in [0.25, 0.3) is 0 Å². The fourth-order valence-corrected chi connectivity index (χ4v) is 4.07. The molecular formula is C22H36BrClN2O4. The number of rotatable bonds is 10. The van der Waals surface area contributed by atoms with Gasteiger partial charge in [0.25, 0.3) is 5.91 Å². The van der Waals surface area contributed by atoms with E-state index >= 15 is 0 Å². The van der Waals surface area contributed by atoms with Crippen molar-refractivity contribution in [2.75, 3.05) is 33.4 Å². The van der Waals surface area contributed by atoms with Gasteiger partial charge in [-0.25, -0.2) is 0 Å². The van der Waals surface area contributed by atoms with Crippen molar-refractivity contribution in [3.05, 3.63) is 22.2 Å². The van der Waals surface area contributed by atoms with E-state index in [1.54, 1.807) is 7.11 Å². The Morgan fingerprint density at radius 3 is 2.53 bits per heavy atom. The van der Waals surface area contributed by atoms with E-state index in [0.717, 1.165) is 36.8 Å². The number of ether oxygens (including phenoxy) is 3. The van der Waals surface area contributed by atoms with Crippen molar-refractivity contribution >= 4 is 34.2 Å². The fourth-order valence-electron chi connectivity index (χ4n) is 3.58. The molecule has 1 saturated heterocycles. The molecule has 0 unspecified atom stereocenters. The van der Waals surface area contributed by atoms with Crippen LogP contribution < -0.4 is 14.8 Å². The number of nitrogens with zero attached hydrogens (tertiary/aromatic N) is 1. The van der Waals surface area contributed by atoms with Gasteiger partial charge >= 0.3 is 0 Å². The summed E-state index contributed by atoms with van der Waals surface area (Å²) in [5.74, 6) is 1.24. The average Bonchev–Trinajstić information content (AvgIpc) is 2.66. The molecule has 1 aliphatic heterocycles. The Kier molecular flexibility index (Phi) is 12.1. The van der Waals surface area contributed by atoms with Crippen LogP contribution in [0.4, 0.5) is 0 Å². The lowest BCUT2D eigenvalue weighted by atomic mass is 10.0. The summed E-state index contributed by atoms with van der Waals surface area (Å²) in [5, 5.41) is 3.41. The highest BCUT2D eigenvalue weighted by Crippen LogP contribution is 2.36. The van der Waals surface area contributed by atoms with Crippen LogP contribution in [0.3, 0.4) is 0 Å². The van der Waals surface area contributed by atoms with Crippen LogP contribution in [-0.4, -0.2) is 62.4 Å². The van der Waals surface area contributed by atoms with Gasteiger partial charge in [-0.2, -0.15) is 0 Å². The van der Waals surface area contributed by atoms with E-state index in [1.807, 2.05) is 30.9 Å². The van der Waals surface area contributed by atoms with E-state index in [2.05, 4.69) is 35.1 Å². The number of benzene rings is 1. The third-order valence-corrected chi connectivity index (χ3v) is 5.49. The van der Waals surface area contributed by atoms with Gasteiger partial charge in [-0.05, 0) is 75.1 Å². The van der Waals surface area contributed by atoms with Gasteiger partial charge < -0.3 is 24.4 Å². The maximum absolute atomic E-state index is 13.5. The van der Waals surface area contributed by atoms with Crippen LogP contribution in [0.5, 0.6) is 11.5 Å². The van der Waals surface area contributed by atoms with Gasteiger partial charge in [-0.3, -0.25) is 4.79 Å². The van der Waals surface area contributed by atoms with Crippen LogP contribution in [-0.2, 0) is 4.74 Å². The number of amides is 1. The first-order chi connectivity index (χ1) is 13.8. The normalized spacial score (nSPS) is 16.3. The van der Waals surface area contributed by atoms with Crippen molar-refractivity contribution in [1.82, 2.24) is 10.2 Å². The minimum Gasteiger partial charge on any atom is -0.490 e. The van der Waals surface area contributed by atoms with Crippen molar-refractivity contribution in [2.24, 2.45) is 0 Å². The van der Waals surface area contributed by atoms with Gasteiger partial charge in [-0.1, -0.05) is 0 Å². The highest BCUT2D eigenvalue weighted by atomic mass is 79.9. The largest absolute Gasteiger partial charge is 0.490 e. The number of hydrogen-bond acceptors (Lipinski definition) is 5. The van der Waals surface area contributed by atoms with Gasteiger partial charge in [0.2, 0.25) is 0 Å². The van der Waals surface area contributed by atoms with Crippen molar-refractivity contribution in [2.45, 2.75) is 65.1 Å². The maximum Gasteiger partial charge on any atom is 0.255 e. The van der Waals surface area contributed by atoms with Crippen LogP contribution in [0.2, 0.25) is 0 Å². The molecule has 0 radical (unpaired) electrons.